The summed E-state index contributed by atoms with van der Waals surface area (Å²) in [6, 6.07) is 17.2. The Balaban J connectivity index is 1.60. The Labute approximate surface area is 166 Å². The molecule has 0 fully saturated rings. The number of hydrogen-bond acceptors (Lipinski definition) is 5. The van der Waals surface area contributed by atoms with Crippen molar-refractivity contribution in [2.75, 3.05) is 12.4 Å². The van der Waals surface area contributed by atoms with E-state index in [0.717, 1.165) is 15.6 Å². The number of nitrogens with one attached hydrogen (secondary N) is 1. The predicted molar refractivity (Wildman–Crippen MR) is 113 cm³/mol. The van der Waals surface area contributed by atoms with Gasteiger partial charge in [0.25, 0.3) is 5.91 Å². The molecule has 2 aromatic carbocycles. The molecule has 2 heterocycles. The Hall–Kier alpha value is -3.19. The van der Waals surface area contributed by atoms with Crippen LogP contribution in [0.1, 0.15) is 28.6 Å². The van der Waals surface area contributed by atoms with Gasteiger partial charge in [-0.1, -0.05) is 30.3 Å². The summed E-state index contributed by atoms with van der Waals surface area (Å²) in [5.41, 5.74) is 6.62. The summed E-state index contributed by atoms with van der Waals surface area (Å²) in [6.45, 7) is 1.87. The maximum absolute atomic E-state index is 12.7. The monoisotopic (exact) mass is 392 g/mol. The van der Waals surface area contributed by atoms with Crippen molar-refractivity contribution in [3.05, 3.63) is 65.0 Å². The molecule has 4 rings (SSSR count). The van der Waals surface area contributed by atoms with Gasteiger partial charge in [0.05, 0.1) is 16.8 Å². The first kappa shape index (κ1) is 18.2. The summed E-state index contributed by atoms with van der Waals surface area (Å²) >= 11 is 1.46. The number of nitrogens with zero attached hydrogens (tertiary/aromatic N) is 2. The van der Waals surface area contributed by atoms with Crippen LogP contribution >= 0.6 is 11.3 Å². The highest BCUT2D eigenvalue weighted by Gasteiger charge is 2.36. The molecule has 7 heteroatoms. The maximum atomic E-state index is 12.7. The van der Waals surface area contributed by atoms with Crippen LogP contribution in [0.2, 0.25) is 0 Å². The molecule has 3 N–H and O–H groups in total. The molecule has 0 bridgehead atoms. The number of aliphatic imine (C=N–C) groups is 1. The molecule has 28 heavy (non-hydrogen) atoms. The Bertz CT molecular complexity index is 1090. The summed E-state index contributed by atoms with van der Waals surface area (Å²) in [4.78, 5) is 31.4. The zero-order chi connectivity index (χ0) is 19.9. The molecule has 1 aliphatic heterocycles. The van der Waals surface area contributed by atoms with Crippen LogP contribution < -0.4 is 11.1 Å². The summed E-state index contributed by atoms with van der Waals surface area (Å²) in [6.07, 6.45) is 0.220. The second-order valence-electron chi connectivity index (χ2n) is 7.06. The molecule has 3 aromatic rings. The highest BCUT2D eigenvalue weighted by atomic mass is 32.1. The molecule has 142 valence electrons. The number of carbonyl (C=O) groups excluding carboxylic acids is 2. The lowest BCUT2D eigenvalue weighted by molar-refractivity contribution is -0.128. The molecule has 0 saturated heterocycles. The lowest BCUT2D eigenvalue weighted by atomic mass is 9.87. The van der Waals surface area contributed by atoms with Crippen molar-refractivity contribution in [2.24, 2.45) is 10.7 Å². The summed E-state index contributed by atoms with van der Waals surface area (Å²) in [5.74, 6) is -0.0563. The van der Waals surface area contributed by atoms with E-state index in [1.165, 1.54) is 16.2 Å². The van der Waals surface area contributed by atoms with Gasteiger partial charge in [-0.25, -0.2) is 4.99 Å². The van der Waals surface area contributed by atoms with Crippen LogP contribution in [-0.4, -0.2) is 29.7 Å². The fourth-order valence-electron chi connectivity index (χ4n) is 3.29. The summed E-state index contributed by atoms with van der Waals surface area (Å²) in [7, 11) is 1.61. The highest BCUT2D eigenvalue weighted by molar-refractivity contribution is 7.20. The van der Waals surface area contributed by atoms with Crippen LogP contribution in [0.25, 0.3) is 10.1 Å². The number of rotatable bonds is 3. The van der Waals surface area contributed by atoms with Crippen molar-refractivity contribution in [1.29, 1.82) is 0 Å². The minimum Gasteiger partial charge on any atom is -0.369 e. The van der Waals surface area contributed by atoms with E-state index in [-0.39, 0.29) is 24.2 Å². The topological polar surface area (TPSA) is 87.8 Å². The first-order valence-electron chi connectivity index (χ1n) is 8.88. The minimum atomic E-state index is -0.758. The number of benzene rings is 2. The van der Waals surface area contributed by atoms with Crippen LogP contribution in [0.4, 0.5) is 5.69 Å². The number of thiophene rings is 1. The SMILES string of the molecule is CN1C(=O)CC(C)(c2cccc(NC(=O)c3cc4ccccc4s3)c2)N=C1N. The Morgan fingerprint density at radius 3 is 2.75 bits per heavy atom. The van der Waals surface area contributed by atoms with Gasteiger partial charge >= 0.3 is 0 Å². The number of fused-ring (bicyclic) bond motifs is 1. The van der Waals surface area contributed by atoms with Crippen molar-refractivity contribution < 1.29 is 9.59 Å². The second kappa shape index (κ2) is 6.76. The molecule has 0 radical (unpaired) electrons. The normalized spacial score (nSPS) is 19.6. The average Bonchev–Trinajstić information content (AvgIpc) is 3.11. The van der Waals surface area contributed by atoms with Gasteiger partial charge in [0.2, 0.25) is 5.91 Å². The first-order valence-corrected chi connectivity index (χ1v) is 9.70. The smallest absolute Gasteiger partial charge is 0.265 e. The third-order valence-electron chi connectivity index (χ3n) is 4.97. The zero-order valence-electron chi connectivity index (χ0n) is 15.6. The maximum Gasteiger partial charge on any atom is 0.265 e. The fourth-order valence-corrected chi connectivity index (χ4v) is 4.25. The lowest BCUT2D eigenvalue weighted by Crippen LogP contribution is -2.47. The average molecular weight is 392 g/mol. The van der Waals surface area contributed by atoms with E-state index < -0.39 is 5.54 Å². The van der Waals surface area contributed by atoms with Gasteiger partial charge in [-0.2, -0.15) is 0 Å². The molecular formula is C21H20N4O2S. The molecule has 1 unspecified atom stereocenters. The number of hydrogen-bond donors (Lipinski definition) is 2. The number of anilines is 1. The van der Waals surface area contributed by atoms with Crippen molar-refractivity contribution in [3.8, 4) is 0 Å². The molecule has 6 nitrogen and oxygen atoms in total. The van der Waals surface area contributed by atoms with Crippen LogP contribution in [-0.2, 0) is 10.3 Å². The molecule has 0 spiro atoms. The van der Waals surface area contributed by atoms with Crippen LogP contribution in [0, 0.1) is 0 Å². The zero-order valence-corrected chi connectivity index (χ0v) is 16.4. The standard InChI is InChI=1S/C21H20N4O2S/c1-21(12-18(26)25(2)20(22)24-21)14-7-5-8-15(11-14)23-19(27)17-10-13-6-3-4-9-16(13)28-17/h3-11H,12H2,1-2H3,(H2,22,24)(H,23,27). The van der Waals surface area contributed by atoms with Gasteiger partial charge in [0, 0.05) is 17.4 Å². The first-order chi connectivity index (χ1) is 13.4. The van der Waals surface area contributed by atoms with E-state index in [2.05, 4.69) is 10.3 Å². The van der Waals surface area contributed by atoms with E-state index in [0.29, 0.717) is 10.6 Å². The number of nitrogens with two attached hydrogens (primary N) is 1. The number of carbonyl (C=O) groups is 2. The van der Waals surface area contributed by atoms with E-state index in [1.54, 1.807) is 7.05 Å². The van der Waals surface area contributed by atoms with Gasteiger partial charge in [-0.05, 0) is 42.1 Å². The van der Waals surface area contributed by atoms with Crippen LogP contribution in [0.15, 0.2) is 59.6 Å². The molecule has 1 aliphatic rings. The Morgan fingerprint density at radius 1 is 1.21 bits per heavy atom. The predicted octanol–water partition coefficient (Wildman–Crippen LogP) is 3.55. The van der Waals surface area contributed by atoms with Gasteiger partial charge in [0.15, 0.2) is 5.96 Å². The van der Waals surface area contributed by atoms with Crippen molar-refractivity contribution >= 4 is 44.9 Å². The largest absolute Gasteiger partial charge is 0.369 e. The minimum absolute atomic E-state index is 0.0882. The fraction of sp³-hybridized carbons (Fsp3) is 0.190. The number of guanidine groups is 1. The molecular weight excluding hydrogens is 372 g/mol. The quantitative estimate of drug-likeness (QED) is 0.715. The molecule has 1 aromatic heterocycles. The van der Waals surface area contributed by atoms with Crippen molar-refractivity contribution in [2.45, 2.75) is 18.9 Å². The third kappa shape index (κ3) is 3.25. The molecule has 2 amide bonds. The van der Waals surface area contributed by atoms with Crippen molar-refractivity contribution in [1.82, 2.24) is 4.90 Å². The molecule has 0 saturated carbocycles. The van der Waals surface area contributed by atoms with Gasteiger partial charge in [-0.15, -0.1) is 11.3 Å². The van der Waals surface area contributed by atoms with Crippen LogP contribution in [0.3, 0.4) is 0 Å². The van der Waals surface area contributed by atoms with Gasteiger partial charge in [0.1, 0.15) is 0 Å². The van der Waals surface area contributed by atoms with Crippen molar-refractivity contribution in [3.63, 3.8) is 0 Å². The van der Waals surface area contributed by atoms with E-state index in [4.69, 9.17) is 5.73 Å². The Morgan fingerprint density at radius 2 is 2.00 bits per heavy atom. The Kier molecular flexibility index (Phi) is 4.39. The lowest BCUT2D eigenvalue weighted by Gasteiger charge is -2.33. The molecule has 1 atom stereocenters. The van der Waals surface area contributed by atoms with Crippen LogP contribution in [0.5, 0.6) is 0 Å². The van der Waals surface area contributed by atoms with Gasteiger partial charge < -0.3 is 11.1 Å². The van der Waals surface area contributed by atoms with Gasteiger partial charge in [-0.3, -0.25) is 14.5 Å². The highest BCUT2D eigenvalue weighted by Crippen LogP contribution is 2.34. The summed E-state index contributed by atoms with van der Waals surface area (Å²) in [5, 5.41) is 3.99. The summed E-state index contributed by atoms with van der Waals surface area (Å²) < 4.78 is 1.07. The third-order valence-corrected chi connectivity index (χ3v) is 6.08. The van der Waals surface area contributed by atoms with E-state index >= 15 is 0 Å². The van der Waals surface area contributed by atoms with E-state index in [1.807, 2.05) is 61.5 Å². The molecule has 0 aliphatic carbocycles. The van der Waals surface area contributed by atoms with E-state index in [9.17, 15) is 9.59 Å². The second-order valence-corrected chi connectivity index (χ2v) is 8.14. The number of amides is 2.